The number of aliphatic hydroxyl groups is 1. The van der Waals surface area contributed by atoms with Gasteiger partial charge >= 0.3 is 0 Å². The van der Waals surface area contributed by atoms with E-state index in [1.165, 1.54) is 36.8 Å². The summed E-state index contributed by atoms with van der Waals surface area (Å²) in [4.78, 5) is 2.40. The monoisotopic (exact) mass is 293 g/mol. The van der Waals surface area contributed by atoms with Crippen molar-refractivity contribution in [1.29, 1.82) is 0 Å². The molecule has 2 rings (SSSR count). The number of benzene rings is 1. The van der Waals surface area contributed by atoms with Crippen LogP contribution in [0.5, 0.6) is 11.5 Å². The second-order valence-corrected chi connectivity index (χ2v) is 5.77. The first-order chi connectivity index (χ1) is 10.2. The molecule has 0 atom stereocenters. The third-order valence-corrected chi connectivity index (χ3v) is 4.44. The van der Waals surface area contributed by atoms with Crippen LogP contribution in [0.2, 0.25) is 0 Å². The standard InChI is InChI=1S/C17H27NO3/c1-13-10-16(20-2)17(21-3)11-14(13)12-18(8-9-19)15-6-4-5-7-15/h10-11,15,19H,4-9,12H2,1-3H3. The molecule has 1 fully saturated rings. The first-order valence-electron chi connectivity index (χ1n) is 7.76. The van der Waals surface area contributed by atoms with Crippen LogP contribution in [0.1, 0.15) is 36.8 Å². The van der Waals surface area contributed by atoms with E-state index in [1.54, 1.807) is 14.2 Å². The van der Waals surface area contributed by atoms with Crippen molar-refractivity contribution in [2.75, 3.05) is 27.4 Å². The van der Waals surface area contributed by atoms with Crippen LogP contribution < -0.4 is 9.47 Å². The zero-order valence-electron chi connectivity index (χ0n) is 13.4. The van der Waals surface area contributed by atoms with Crippen molar-refractivity contribution < 1.29 is 14.6 Å². The van der Waals surface area contributed by atoms with Gasteiger partial charge in [-0.2, -0.15) is 0 Å². The number of aryl methyl sites for hydroxylation is 1. The van der Waals surface area contributed by atoms with E-state index in [2.05, 4.69) is 17.9 Å². The molecule has 0 heterocycles. The minimum absolute atomic E-state index is 0.211. The molecule has 21 heavy (non-hydrogen) atoms. The molecule has 4 heteroatoms. The van der Waals surface area contributed by atoms with Gasteiger partial charge in [0.2, 0.25) is 0 Å². The molecular weight excluding hydrogens is 266 g/mol. The van der Waals surface area contributed by atoms with Gasteiger partial charge in [0.15, 0.2) is 11.5 Å². The first-order valence-corrected chi connectivity index (χ1v) is 7.76. The SMILES string of the molecule is COc1cc(C)c(CN(CCO)C2CCCC2)cc1OC. The maximum absolute atomic E-state index is 9.34. The Morgan fingerprint density at radius 3 is 2.33 bits per heavy atom. The Hall–Kier alpha value is -1.26. The molecule has 1 saturated carbocycles. The fraction of sp³-hybridized carbons (Fsp3) is 0.647. The van der Waals surface area contributed by atoms with E-state index in [9.17, 15) is 5.11 Å². The van der Waals surface area contributed by atoms with Gasteiger partial charge in [0.05, 0.1) is 20.8 Å². The van der Waals surface area contributed by atoms with Crippen molar-refractivity contribution in [2.45, 2.75) is 45.2 Å². The van der Waals surface area contributed by atoms with E-state index < -0.39 is 0 Å². The quantitative estimate of drug-likeness (QED) is 0.839. The van der Waals surface area contributed by atoms with Crippen LogP contribution in [0.3, 0.4) is 0 Å². The number of hydrogen-bond donors (Lipinski definition) is 1. The fourth-order valence-electron chi connectivity index (χ4n) is 3.20. The van der Waals surface area contributed by atoms with E-state index in [1.807, 2.05) is 6.07 Å². The number of hydrogen-bond acceptors (Lipinski definition) is 4. The lowest BCUT2D eigenvalue weighted by Gasteiger charge is -2.29. The third-order valence-electron chi connectivity index (χ3n) is 4.44. The summed E-state index contributed by atoms with van der Waals surface area (Å²) in [7, 11) is 3.33. The zero-order chi connectivity index (χ0) is 15.2. The van der Waals surface area contributed by atoms with Crippen LogP contribution in [-0.2, 0) is 6.54 Å². The van der Waals surface area contributed by atoms with E-state index in [0.717, 1.165) is 24.6 Å². The summed E-state index contributed by atoms with van der Waals surface area (Å²) in [5.41, 5.74) is 2.45. The summed E-state index contributed by atoms with van der Waals surface area (Å²) in [6.45, 7) is 3.90. The van der Waals surface area contributed by atoms with Crippen molar-refractivity contribution in [2.24, 2.45) is 0 Å². The molecule has 0 unspecified atom stereocenters. The average molecular weight is 293 g/mol. The molecule has 0 aromatic heterocycles. The molecule has 0 saturated heterocycles. The Balaban J connectivity index is 2.19. The molecule has 4 nitrogen and oxygen atoms in total. The number of ether oxygens (including phenoxy) is 2. The Morgan fingerprint density at radius 1 is 1.14 bits per heavy atom. The van der Waals surface area contributed by atoms with E-state index in [4.69, 9.17) is 9.47 Å². The second kappa shape index (κ2) is 7.66. The highest BCUT2D eigenvalue weighted by atomic mass is 16.5. The van der Waals surface area contributed by atoms with E-state index >= 15 is 0 Å². The first kappa shape index (κ1) is 16.1. The van der Waals surface area contributed by atoms with E-state index in [-0.39, 0.29) is 6.61 Å². The van der Waals surface area contributed by atoms with Gasteiger partial charge in [0.1, 0.15) is 0 Å². The Morgan fingerprint density at radius 2 is 1.76 bits per heavy atom. The molecule has 1 aliphatic rings. The van der Waals surface area contributed by atoms with Gasteiger partial charge in [-0.05, 0) is 43.0 Å². The topological polar surface area (TPSA) is 41.9 Å². The van der Waals surface area contributed by atoms with Gasteiger partial charge in [-0.25, -0.2) is 0 Å². The highest BCUT2D eigenvalue weighted by molar-refractivity contribution is 5.47. The largest absolute Gasteiger partial charge is 0.493 e. The molecule has 0 bridgehead atoms. The smallest absolute Gasteiger partial charge is 0.161 e. The summed E-state index contributed by atoms with van der Waals surface area (Å²) in [5, 5.41) is 9.34. The lowest BCUT2D eigenvalue weighted by atomic mass is 10.1. The third kappa shape index (κ3) is 3.89. The van der Waals surface area contributed by atoms with Gasteiger partial charge in [0, 0.05) is 19.1 Å². The van der Waals surface area contributed by atoms with Crippen LogP contribution in [0.15, 0.2) is 12.1 Å². The molecule has 1 aromatic rings. The highest BCUT2D eigenvalue weighted by Crippen LogP contribution is 2.32. The minimum Gasteiger partial charge on any atom is -0.493 e. The van der Waals surface area contributed by atoms with Gasteiger partial charge in [-0.15, -0.1) is 0 Å². The zero-order valence-corrected chi connectivity index (χ0v) is 13.4. The van der Waals surface area contributed by atoms with Crippen LogP contribution in [0, 0.1) is 6.92 Å². The predicted molar refractivity (Wildman–Crippen MR) is 84.0 cm³/mol. The van der Waals surface area contributed by atoms with Gasteiger partial charge < -0.3 is 14.6 Å². The molecule has 1 N–H and O–H groups in total. The number of aliphatic hydroxyl groups excluding tert-OH is 1. The summed E-state index contributed by atoms with van der Waals surface area (Å²) in [6.07, 6.45) is 5.09. The molecule has 0 aliphatic heterocycles. The minimum atomic E-state index is 0.211. The summed E-state index contributed by atoms with van der Waals surface area (Å²) >= 11 is 0. The molecular formula is C17H27NO3. The lowest BCUT2D eigenvalue weighted by Crippen LogP contribution is -2.35. The molecule has 0 amide bonds. The second-order valence-electron chi connectivity index (χ2n) is 5.77. The molecule has 0 radical (unpaired) electrons. The normalized spacial score (nSPS) is 15.7. The van der Waals surface area contributed by atoms with Crippen LogP contribution in [0.25, 0.3) is 0 Å². The van der Waals surface area contributed by atoms with Gasteiger partial charge in [0.25, 0.3) is 0 Å². The van der Waals surface area contributed by atoms with Crippen LogP contribution in [-0.4, -0.2) is 43.4 Å². The fourth-order valence-corrected chi connectivity index (χ4v) is 3.20. The summed E-state index contributed by atoms with van der Waals surface area (Å²) < 4.78 is 10.8. The lowest BCUT2D eigenvalue weighted by molar-refractivity contribution is 0.144. The summed E-state index contributed by atoms with van der Waals surface area (Å²) in [5.74, 6) is 1.54. The van der Waals surface area contributed by atoms with Gasteiger partial charge in [-0.3, -0.25) is 4.90 Å². The van der Waals surface area contributed by atoms with Crippen molar-refractivity contribution in [3.05, 3.63) is 23.3 Å². The van der Waals surface area contributed by atoms with Crippen molar-refractivity contribution in [3.8, 4) is 11.5 Å². The predicted octanol–water partition coefficient (Wildman–Crippen LogP) is 2.75. The molecule has 0 spiro atoms. The van der Waals surface area contributed by atoms with Crippen molar-refractivity contribution in [3.63, 3.8) is 0 Å². The Kier molecular flexibility index (Phi) is 5.88. The Bertz CT molecular complexity index is 456. The van der Waals surface area contributed by atoms with Crippen LogP contribution >= 0.6 is 0 Å². The number of rotatable bonds is 7. The molecule has 1 aromatic carbocycles. The molecule has 118 valence electrons. The maximum atomic E-state index is 9.34. The van der Waals surface area contributed by atoms with Crippen molar-refractivity contribution in [1.82, 2.24) is 4.90 Å². The molecule has 1 aliphatic carbocycles. The van der Waals surface area contributed by atoms with E-state index in [0.29, 0.717) is 6.04 Å². The van der Waals surface area contributed by atoms with Crippen LogP contribution in [0.4, 0.5) is 0 Å². The number of methoxy groups -OCH3 is 2. The summed E-state index contributed by atoms with van der Waals surface area (Å²) in [6, 6.07) is 4.69. The maximum Gasteiger partial charge on any atom is 0.161 e. The highest BCUT2D eigenvalue weighted by Gasteiger charge is 2.23. The van der Waals surface area contributed by atoms with Crippen molar-refractivity contribution >= 4 is 0 Å². The van der Waals surface area contributed by atoms with Gasteiger partial charge in [-0.1, -0.05) is 12.8 Å². The number of nitrogens with zero attached hydrogens (tertiary/aromatic N) is 1. The average Bonchev–Trinajstić information content (AvgIpc) is 3.02. The Labute approximate surface area is 127 Å².